The van der Waals surface area contributed by atoms with Crippen LogP contribution in [-0.2, 0) is 34.7 Å². The van der Waals surface area contributed by atoms with Crippen molar-refractivity contribution < 1.29 is 35.1 Å². The summed E-state index contributed by atoms with van der Waals surface area (Å²) in [6.07, 6.45) is 0. The quantitative estimate of drug-likeness (QED) is 0.139. The molecule has 2 unspecified atom stereocenters. The second kappa shape index (κ2) is 12.3. The van der Waals surface area contributed by atoms with Crippen LogP contribution in [0.2, 0.25) is 0 Å². The number of fused-ring (bicyclic) bond motifs is 1. The minimum absolute atomic E-state index is 0.0379. The first kappa shape index (κ1) is 30.1. The summed E-state index contributed by atoms with van der Waals surface area (Å²) in [5.74, 6) is -1.51. The van der Waals surface area contributed by atoms with E-state index in [1.807, 2.05) is 31.2 Å². The van der Waals surface area contributed by atoms with Crippen LogP contribution < -0.4 is 10.1 Å². The largest absolute Gasteiger partial charge is 0.495 e. The predicted molar refractivity (Wildman–Crippen MR) is 154 cm³/mol. The lowest BCUT2D eigenvalue weighted by Crippen LogP contribution is -2.32. The van der Waals surface area contributed by atoms with Crippen molar-refractivity contribution in [2.75, 3.05) is 12.4 Å². The van der Waals surface area contributed by atoms with Gasteiger partial charge in [-0.1, -0.05) is 6.07 Å². The molecule has 4 rings (SSSR count). The number of aryl methyl sites for hydroxylation is 2. The van der Waals surface area contributed by atoms with Crippen LogP contribution in [0.1, 0.15) is 18.1 Å². The molecule has 12 nitrogen and oxygen atoms in total. The predicted octanol–water partition coefficient (Wildman–Crippen LogP) is 5.11. The summed E-state index contributed by atoms with van der Waals surface area (Å²) in [7, 11) is -3.38. The zero-order chi connectivity index (χ0) is 29.9. The summed E-state index contributed by atoms with van der Waals surface area (Å²) < 4.78 is 54.5. The Hall–Kier alpha value is -3.89. The van der Waals surface area contributed by atoms with Gasteiger partial charge in [-0.05, 0) is 74.4 Å². The molecule has 0 spiro atoms. The molecule has 0 aliphatic carbocycles. The smallest absolute Gasteiger partial charge is 0.317 e. The first-order valence-corrected chi connectivity index (χ1v) is 15.1. The van der Waals surface area contributed by atoms with Crippen LogP contribution in [-0.4, -0.2) is 47.0 Å². The topological polar surface area (TPSA) is 174 Å². The molecule has 0 aliphatic heterocycles. The molecule has 1 aromatic heterocycles. The number of amides is 1. The molecule has 1 heterocycles. The van der Waals surface area contributed by atoms with Gasteiger partial charge in [-0.3, -0.25) is 14.1 Å². The number of nitrogens with zero attached hydrogens (tertiary/aromatic N) is 3. The van der Waals surface area contributed by atoms with Gasteiger partial charge in [-0.15, -0.1) is 15.0 Å². The number of rotatable bonds is 10. The summed E-state index contributed by atoms with van der Waals surface area (Å²) in [4.78, 5) is 29.4. The second-order valence-electron chi connectivity index (χ2n) is 8.81. The van der Waals surface area contributed by atoms with Crippen LogP contribution in [0.5, 0.6) is 5.75 Å². The zero-order valence-corrected chi connectivity index (χ0v) is 24.6. The SMILES string of the molecule is COc1cc(S(=O)(=O)OS(=O)O)c(C)cc1NC(=O)C(N=Nc1ccc(-c2nc3ccc(C)cc3s2)cc1)C(C)=O. The standard InChI is InChI=1S/C26H24N4O8S3/c1-14-5-10-19-22(11-14)39-26(28-19)17-6-8-18(9-7-17)29-30-24(16(3)31)25(32)27-20-12-15(2)23(13-21(20)37-4)41(35,36)38-40(33)34/h5-13,24H,1-4H3,(H,27,32)(H,33,34). The Morgan fingerprint density at radius 2 is 1.80 bits per heavy atom. The Bertz CT molecular complexity index is 1800. The molecule has 2 N–H and O–H groups in total. The fourth-order valence-electron chi connectivity index (χ4n) is 3.79. The fraction of sp³-hybridized carbons (Fsp3) is 0.192. The van der Waals surface area contributed by atoms with Crippen molar-refractivity contribution in [3.05, 3.63) is 65.7 Å². The van der Waals surface area contributed by atoms with Crippen molar-refractivity contribution in [1.29, 1.82) is 0 Å². The number of ketones is 1. The van der Waals surface area contributed by atoms with E-state index < -0.39 is 44.1 Å². The number of anilines is 1. The number of ether oxygens (including phenoxy) is 1. The molecule has 3 aromatic carbocycles. The maximum Gasteiger partial charge on any atom is 0.317 e. The van der Waals surface area contributed by atoms with Gasteiger partial charge in [-0.2, -0.15) is 22.9 Å². The van der Waals surface area contributed by atoms with Gasteiger partial charge in [0.15, 0.2) is 5.78 Å². The van der Waals surface area contributed by atoms with E-state index >= 15 is 0 Å². The Labute approximate surface area is 242 Å². The van der Waals surface area contributed by atoms with Gasteiger partial charge in [0.2, 0.25) is 6.04 Å². The fourth-order valence-corrected chi connectivity index (χ4v) is 6.47. The number of carbonyl (C=O) groups is 2. The van der Waals surface area contributed by atoms with Crippen LogP contribution in [0.4, 0.5) is 11.4 Å². The highest BCUT2D eigenvalue weighted by Crippen LogP contribution is 2.33. The summed E-state index contributed by atoms with van der Waals surface area (Å²) in [6, 6.07) is 13.9. The minimum atomic E-state index is -4.60. The van der Waals surface area contributed by atoms with Gasteiger partial charge in [0.25, 0.3) is 5.91 Å². The molecule has 214 valence electrons. The van der Waals surface area contributed by atoms with Crippen molar-refractivity contribution in [2.45, 2.75) is 31.7 Å². The van der Waals surface area contributed by atoms with Gasteiger partial charge in [0, 0.05) is 11.6 Å². The minimum Gasteiger partial charge on any atom is -0.495 e. The molecule has 1 amide bonds. The van der Waals surface area contributed by atoms with E-state index in [-0.39, 0.29) is 17.0 Å². The van der Waals surface area contributed by atoms with Gasteiger partial charge >= 0.3 is 21.5 Å². The van der Waals surface area contributed by atoms with Crippen LogP contribution in [0.15, 0.2) is 69.7 Å². The third kappa shape index (κ3) is 7.07. The monoisotopic (exact) mass is 616 g/mol. The van der Waals surface area contributed by atoms with Gasteiger partial charge in [-0.25, -0.2) is 4.98 Å². The molecule has 15 heteroatoms. The molecule has 0 saturated heterocycles. The van der Waals surface area contributed by atoms with Crippen molar-refractivity contribution in [3.63, 3.8) is 0 Å². The average molecular weight is 617 g/mol. The molecule has 0 radical (unpaired) electrons. The molecule has 2 atom stereocenters. The van der Waals surface area contributed by atoms with Crippen LogP contribution in [0, 0.1) is 13.8 Å². The van der Waals surface area contributed by atoms with Crippen molar-refractivity contribution >= 4 is 66.1 Å². The zero-order valence-electron chi connectivity index (χ0n) is 22.1. The number of nitrogens with one attached hydrogen (secondary N) is 1. The number of hydrogen-bond acceptors (Lipinski definition) is 11. The number of benzene rings is 3. The summed E-state index contributed by atoms with van der Waals surface area (Å²) in [5, 5.41) is 11.3. The average Bonchev–Trinajstić information content (AvgIpc) is 3.31. The van der Waals surface area contributed by atoms with Gasteiger partial charge in [0.05, 0.1) is 28.7 Å². The Morgan fingerprint density at radius 3 is 2.44 bits per heavy atom. The summed E-state index contributed by atoms with van der Waals surface area (Å²) in [6.45, 7) is 4.59. The van der Waals surface area contributed by atoms with Gasteiger partial charge < -0.3 is 10.1 Å². The van der Waals surface area contributed by atoms with E-state index in [2.05, 4.69) is 30.2 Å². The number of methoxy groups -OCH3 is 1. The van der Waals surface area contributed by atoms with Crippen LogP contribution >= 0.6 is 11.3 Å². The van der Waals surface area contributed by atoms with Gasteiger partial charge in [0.1, 0.15) is 15.7 Å². The van der Waals surface area contributed by atoms with E-state index in [0.29, 0.717) is 5.69 Å². The highest BCUT2D eigenvalue weighted by atomic mass is 32.3. The Morgan fingerprint density at radius 1 is 1.10 bits per heavy atom. The van der Waals surface area contributed by atoms with Crippen molar-refractivity contribution in [1.82, 2.24) is 4.98 Å². The first-order chi connectivity index (χ1) is 19.4. The Kier molecular flexibility index (Phi) is 9.04. The molecule has 0 bridgehead atoms. The molecule has 0 aliphatic rings. The molecular formula is C26H24N4O8S3. The van der Waals surface area contributed by atoms with E-state index in [1.165, 1.54) is 27.0 Å². The van der Waals surface area contributed by atoms with Crippen LogP contribution in [0.3, 0.4) is 0 Å². The lowest BCUT2D eigenvalue weighted by molar-refractivity contribution is -0.126. The second-order valence-corrected chi connectivity index (χ2v) is 12.2. The lowest BCUT2D eigenvalue weighted by atomic mass is 10.1. The maximum atomic E-state index is 13.0. The van der Waals surface area contributed by atoms with Crippen molar-refractivity contribution in [2.24, 2.45) is 10.2 Å². The van der Waals surface area contributed by atoms with Crippen molar-refractivity contribution in [3.8, 4) is 16.3 Å². The van der Waals surface area contributed by atoms with E-state index in [0.717, 1.165) is 32.4 Å². The highest BCUT2D eigenvalue weighted by Gasteiger charge is 2.27. The molecular weight excluding hydrogens is 593 g/mol. The number of hydrogen-bond donors (Lipinski definition) is 2. The first-order valence-electron chi connectivity index (χ1n) is 11.8. The summed E-state index contributed by atoms with van der Waals surface area (Å²) in [5.41, 5.74) is 3.47. The number of aromatic nitrogens is 1. The molecule has 4 aromatic rings. The van der Waals surface area contributed by atoms with Crippen LogP contribution in [0.25, 0.3) is 20.8 Å². The Balaban J connectivity index is 1.52. The number of Topliss-reactive ketones (excluding diaryl/α,β-unsaturated/α-hetero) is 1. The maximum absolute atomic E-state index is 13.0. The lowest BCUT2D eigenvalue weighted by Gasteiger charge is -2.15. The molecule has 0 fully saturated rings. The molecule has 41 heavy (non-hydrogen) atoms. The van der Waals surface area contributed by atoms with E-state index in [1.54, 1.807) is 23.5 Å². The number of carbonyl (C=O) groups excluding carboxylic acids is 2. The number of thiazole rings is 1. The molecule has 0 saturated carbocycles. The third-order valence-corrected chi connectivity index (χ3v) is 8.98. The van der Waals surface area contributed by atoms with E-state index in [4.69, 9.17) is 9.29 Å². The summed E-state index contributed by atoms with van der Waals surface area (Å²) >= 11 is -1.51. The highest BCUT2D eigenvalue weighted by molar-refractivity contribution is 7.95. The normalized spacial score (nSPS) is 13.3. The van der Waals surface area contributed by atoms with E-state index in [9.17, 15) is 22.2 Å². The third-order valence-electron chi connectivity index (χ3n) is 5.75. The number of azo groups is 1.